The summed E-state index contributed by atoms with van der Waals surface area (Å²) >= 11 is 0. The second-order valence-electron chi connectivity index (χ2n) is 3.10. The summed E-state index contributed by atoms with van der Waals surface area (Å²) in [5.41, 5.74) is 0. The minimum atomic E-state index is -0.386. The third-order valence-corrected chi connectivity index (χ3v) is 2.13. The lowest BCUT2D eigenvalue weighted by Crippen LogP contribution is -2.40. The Morgan fingerprint density at radius 3 is 3.00 bits per heavy atom. The van der Waals surface area contributed by atoms with Crippen molar-refractivity contribution in [3.05, 3.63) is 0 Å². The summed E-state index contributed by atoms with van der Waals surface area (Å²) in [7, 11) is 0. The van der Waals surface area contributed by atoms with Gasteiger partial charge in [0, 0.05) is 0 Å². The SMILES string of the molecule is CC1OC(=O)CCOC2OCOC12. The highest BCUT2D eigenvalue weighted by atomic mass is 16.8. The first-order valence-corrected chi connectivity index (χ1v) is 4.31. The van der Waals surface area contributed by atoms with Crippen LogP contribution >= 0.6 is 0 Å². The van der Waals surface area contributed by atoms with Crippen LogP contribution in [0, 0.1) is 0 Å². The molecule has 5 heteroatoms. The average Bonchev–Trinajstić information content (AvgIpc) is 2.49. The van der Waals surface area contributed by atoms with Crippen molar-refractivity contribution in [3.63, 3.8) is 0 Å². The smallest absolute Gasteiger partial charge is 0.308 e. The summed E-state index contributed by atoms with van der Waals surface area (Å²) in [6.45, 7) is 2.31. The zero-order chi connectivity index (χ0) is 9.26. The van der Waals surface area contributed by atoms with Gasteiger partial charge in [0.05, 0.1) is 13.0 Å². The molecule has 0 aromatic rings. The number of ether oxygens (including phenoxy) is 4. The maximum Gasteiger partial charge on any atom is 0.308 e. The number of rotatable bonds is 0. The number of fused-ring (bicyclic) bond motifs is 1. The van der Waals surface area contributed by atoms with Crippen LogP contribution < -0.4 is 0 Å². The van der Waals surface area contributed by atoms with Gasteiger partial charge in [-0.2, -0.15) is 0 Å². The third kappa shape index (κ3) is 1.82. The highest BCUT2D eigenvalue weighted by Crippen LogP contribution is 2.21. The minimum Gasteiger partial charge on any atom is -0.460 e. The molecule has 0 N–H and O–H groups in total. The lowest BCUT2D eigenvalue weighted by atomic mass is 10.2. The summed E-state index contributed by atoms with van der Waals surface area (Å²) < 4.78 is 20.8. The average molecular weight is 188 g/mol. The van der Waals surface area contributed by atoms with E-state index >= 15 is 0 Å². The molecule has 0 aliphatic carbocycles. The molecule has 0 aromatic heterocycles. The maximum atomic E-state index is 11.0. The van der Waals surface area contributed by atoms with E-state index < -0.39 is 0 Å². The molecule has 3 unspecified atom stereocenters. The van der Waals surface area contributed by atoms with Gasteiger partial charge in [-0.1, -0.05) is 0 Å². The first kappa shape index (κ1) is 8.93. The van der Waals surface area contributed by atoms with E-state index in [1.54, 1.807) is 6.92 Å². The Hall–Kier alpha value is -0.650. The van der Waals surface area contributed by atoms with Crippen LogP contribution in [0.4, 0.5) is 0 Å². The summed E-state index contributed by atoms with van der Waals surface area (Å²) in [5.74, 6) is -0.249. The van der Waals surface area contributed by atoms with Gasteiger partial charge in [0.2, 0.25) is 0 Å². The van der Waals surface area contributed by atoms with Crippen molar-refractivity contribution >= 4 is 5.97 Å². The lowest BCUT2D eigenvalue weighted by molar-refractivity contribution is -0.178. The minimum absolute atomic E-state index is 0.206. The Morgan fingerprint density at radius 2 is 2.15 bits per heavy atom. The van der Waals surface area contributed by atoms with Crippen molar-refractivity contribution in [2.75, 3.05) is 13.4 Å². The molecule has 0 amide bonds. The Kier molecular flexibility index (Phi) is 2.48. The van der Waals surface area contributed by atoms with Crippen LogP contribution in [0.2, 0.25) is 0 Å². The topological polar surface area (TPSA) is 54.0 Å². The number of esters is 1. The molecular formula is C8H12O5. The maximum absolute atomic E-state index is 11.0. The fraction of sp³-hybridized carbons (Fsp3) is 0.875. The van der Waals surface area contributed by atoms with Crippen LogP contribution in [0.25, 0.3) is 0 Å². The molecule has 0 radical (unpaired) electrons. The quantitative estimate of drug-likeness (QED) is 0.502. The van der Waals surface area contributed by atoms with Crippen molar-refractivity contribution in [3.8, 4) is 0 Å². The van der Waals surface area contributed by atoms with E-state index in [0.29, 0.717) is 6.61 Å². The summed E-state index contributed by atoms with van der Waals surface area (Å²) in [4.78, 5) is 11.0. The molecule has 2 saturated heterocycles. The van der Waals surface area contributed by atoms with Crippen LogP contribution in [-0.2, 0) is 23.7 Å². The van der Waals surface area contributed by atoms with Crippen molar-refractivity contribution in [1.29, 1.82) is 0 Å². The van der Waals surface area contributed by atoms with E-state index in [1.807, 2.05) is 0 Å². The van der Waals surface area contributed by atoms with Crippen molar-refractivity contribution in [2.24, 2.45) is 0 Å². The molecule has 2 rings (SSSR count). The Bertz CT molecular complexity index is 205. The monoisotopic (exact) mass is 188 g/mol. The highest BCUT2D eigenvalue weighted by molar-refractivity contribution is 5.69. The summed E-state index contributed by atoms with van der Waals surface area (Å²) in [6.07, 6.45) is -0.704. The number of carbonyl (C=O) groups is 1. The van der Waals surface area contributed by atoms with E-state index in [2.05, 4.69) is 0 Å². The van der Waals surface area contributed by atoms with Crippen molar-refractivity contribution < 1.29 is 23.7 Å². The van der Waals surface area contributed by atoms with Gasteiger partial charge in [-0.25, -0.2) is 0 Å². The normalized spacial score (nSPS) is 40.4. The van der Waals surface area contributed by atoms with Gasteiger partial charge < -0.3 is 18.9 Å². The van der Waals surface area contributed by atoms with Gasteiger partial charge in [0.25, 0.3) is 0 Å². The molecule has 0 aromatic carbocycles. The number of cyclic esters (lactones) is 1. The van der Waals surface area contributed by atoms with Gasteiger partial charge >= 0.3 is 5.97 Å². The Morgan fingerprint density at radius 1 is 1.31 bits per heavy atom. The number of hydrogen-bond acceptors (Lipinski definition) is 5. The zero-order valence-corrected chi connectivity index (χ0v) is 7.39. The molecule has 74 valence electrons. The van der Waals surface area contributed by atoms with Gasteiger partial charge in [0.15, 0.2) is 13.1 Å². The Balaban J connectivity index is 2.04. The first-order valence-electron chi connectivity index (χ1n) is 4.31. The summed E-state index contributed by atoms with van der Waals surface area (Å²) in [5, 5.41) is 0. The molecule has 2 heterocycles. The van der Waals surface area contributed by atoms with Crippen LogP contribution in [-0.4, -0.2) is 37.9 Å². The second kappa shape index (κ2) is 3.61. The number of hydrogen-bond donors (Lipinski definition) is 0. The van der Waals surface area contributed by atoms with Gasteiger partial charge in [-0.15, -0.1) is 0 Å². The van der Waals surface area contributed by atoms with Crippen LogP contribution in [0.1, 0.15) is 13.3 Å². The van der Waals surface area contributed by atoms with Crippen LogP contribution in [0.3, 0.4) is 0 Å². The van der Waals surface area contributed by atoms with Gasteiger partial charge in [-0.05, 0) is 6.92 Å². The van der Waals surface area contributed by atoms with E-state index in [0.717, 1.165) is 0 Å². The standard InChI is InChI=1S/C8H12O5/c1-5-7-8(12-4-11-7)10-3-2-6(9)13-5/h5,7-8H,2-4H2,1H3. The predicted octanol–water partition coefficient (Wildman–Crippen LogP) is 0.0374. The van der Waals surface area contributed by atoms with E-state index in [4.69, 9.17) is 18.9 Å². The molecule has 2 aliphatic heterocycles. The molecule has 2 aliphatic rings. The molecule has 0 bridgehead atoms. The zero-order valence-electron chi connectivity index (χ0n) is 7.39. The Labute approximate surface area is 75.9 Å². The molecule has 3 atom stereocenters. The third-order valence-electron chi connectivity index (χ3n) is 2.13. The fourth-order valence-electron chi connectivity index (χ4n) is 1.45. The van der Waals surface area contributed by atoms with Gasteiger partial charge in [-0.3, -0.25) is 4.79 Å². The summed E-state index contributed by atoms with van der Waals surface area (Å²) in [6, 6.07) is 0. The van der Waals surface area contributed by atoms with Crippen molar-refractivity contribution in [1.82, 2.24) is 0 Å². The molecule has 5 nitrogen and oxygen atoms in total. The number of carbonyl (C=O) groups excluding carboxylic acids is 1. The van der Waals surface area contributed by atoms with E-state index in [-0.39, 0.29) is 37.7 Å². The molecular weight excluding hydrogens is 176 g/mol. The molecule has 0 saturated carbocycles. The first-order chi connectivity index (χ1) is 6.27. The van der Waals surface area contributed by atoms with Gasteiger partial charge in [0.1, 0.15) is 12.2 Å². The molecule has 2 fully saturated rings. The highest BCUT2D eigenvalue weighted by Gasteiger charge is 2.38. The van der Waals surface area contributed by atoms with E-state index in [1.165, 1.54) is 0 Å². The van der Waals surface area contributed by atoms with Crippen LogP contribution in [0.5, 0.6) is 0 Å². The molecule has 0 spiro atoms. The van der Waals surface area contributed by atoms with Crippen LogP contribution in [0.15, 0.2) is 0 Å². The largest absolute Gasteiger partial charge is 0.460 e. The predicted molar refractivity (Wildman–Crippen MR) is 40.7 cm³/mol. The van der Waals surface area contributed by atoms with Crippen molar-refractivity contribution in [2.45, 2.75) is 31.8 Å². The second-order valence-corrected chi connectivity index (χ2v) is 3.10. The molecule has 13 heavy (non-hydrogen) atoms. The lowest BCUT2D eigenvalue weighted by Gasteiger charge is -2.25. The van der Waals surface area contributed by atoms with E-state index in [9.17, 15) is 4.79 Å². The fourth-order valence-corrected chi connectivity index (χ4v) is 1.45.